The molecule has 0 aromatic carbocycles. The lowest BCUT2D eigenvalue weighted by Gasteiger charge is -1.96. The zero-order valence-electron chi connectivity index (χ0n) is 7.74. The predicted octanol–water partition coefficient (Wildman–Crippen LogP) is 3.09. The molecule has 72 valence electrons. The summed E-state index contributed by atoms with van der Waals surface area (Å²) in [7, 11) is 0. The van der Waals surface area contributed by atoms with E-state index in [0.717, 1.165) is 0 Å². The van der Waals surface area contributed by atoms with E-state index in [1.54, 1.807) is 6.92 Å². The minimum absolute atomic E-state index is 0.0411. The normalized spacial score (nSPS) is 8.62. The molecule has 1 aromatic heterocycles. The van der Waals surface area contributed by atoms with Crippen LogP contribution in [0.25, 0.3) is 0 Å². The molecule has 0 aliphatic heterocycles. The van der Waals surface area contributed by atoms with Crippen molar-refractivity contribution >= 4 is 21.6 Å². The molecule has 5 heteroatoms. The molecule has 4 nitrogen and oxygen atoms in total. The van der Waals surface area contributed by atoms with Gasteiger partial charge in [0.1, 0.15) is 6.20 Å². The minimum atomic E-state index is -0.451. The second-order valence-electron chi connectivity index (χ2n) is 2.02. The zero-order chi connectivity index (χ0) is 10.4. The van der Waals surface area contributed by atoms with E-state index in [2.05, 4.69) is 20.9 Å². The molecule has 0 spiro atoms. The largest absolute Gasteiger partial charge is 0.291 e. The maximum atomic E-state index is 10.3. The fourth-order valence-electron chi connectivity index (χ4n) is 0.673. The van der Waals surface area contributed by atoms with Gasteiger partial charge in [-0.25, -0.2) is 0 Å². The van der Waals surface area contributed by atoms with Crippen molar-refractivity contribution in [1.29, 1.82) is 0 Å². The molecule has 0 aliphatic carbocycles. The molecular formula is C8H11BrN2O2. The van der Waals surface area contributed by atoms with Crippen molar-refractivity contribution in [3.8, 4) is 0 Å². The van der Waals surface area contributed by atoms with Gasteiger partial charge in [0.15, 0.2) is 0 Å². The number of rotatable bonds is 1. The monoisotopic (exact) mass is 246 g/mol. The molecule has 0 atom stereocenters. The third-order valence-electron chi connectivity index (χ3n) is 1.32. The quantitative estimate of drug-likeness (QED) is 0.566. The lowest BCUT2D eigenvalue weighted by molar-refractivity contribution is -0.385. The molecule has 0 saturated carbocycles. The third kappa shape index (κ3) is 3.10. The third-order valence-corrected chi connectivity index (χ3v) is 2.12. The molecule has 0 aliphatic rings. The standard InChI is InChI=1S/C6H5BrN2O2.C2H6/c1-4-5(7)2-8-3-6(4)9(10)11;1-2/h2-3H,1H3;1-2H3. The second-order valence-corrected chi connectivity index (χ2v) is 2.88. The average molecular weight is 247 g/mol. The molecule has 0 unspecified atom stereocenters. The summed E-state index contributed by atoms with van der Waals surface area (Å²) in [4.78, 5) is 13.5. The maximum absolute atomic E-state index is 10.3. The molecule has 0 bridgehead atoms. The Kier molecular flexibility index (Phi) is 5.22. The number of aromatic nitrogens is 1. The Balaban J connectivity index is 0.000000671. The molecule has 0 N–H and O–H groups in total. The van der Waals surface area contributed by atoms with Gasteiger partial charge in [-0.3, -0.25) is 15.1 Å². The van der Waals surface area contributed by atoms with Crippen molar-refractivity contribution in [1.82, 2.24) is 4.98 Å². The summed E-state index contributed by atoms with van der Waals surface area (Å²) >= 11 is 3.15. The first-order valence-corrected chi connectivity index (χ1v) is 4.66. The van der Waals surface area contributed by atoms with Crippen LogP contribution in [0.5, 0.6) is 0 Å². The van der Waals surface area contributed by atoms with Crippen LogP contribution in [0.15, 0.2) is 16.9 Å². The average Bonchev–Trinajstić information content (AvgIpc) is 2.13. The van der Waals surface area contributed by atoms with Gasteiger partial charge in [-0.2, -0.15) is 0 Å². The first-order chi connectivity index (χ1) is 6.13. The minimum Gasteiger partial charge on any atom is -0.258 e. The van der Waals surface area contributed by atoms with Crippen LogP contribution in [0.1, 0.15) is 19.4 Å². The molecule has 0 saturated heterocycles. The van der Waals surface area contributed by atoms with Crippen molar-refractivity contribution in [3.63, 3.8) is 0 Å². The Morgan fingerprint density at radius 1 is 1.46 bits per heavy atom. The van der Waals surface area contributed by atoms with Crippen LogP contribution in [0, 0.1) is 17.0 Å². The van der Waals surface area contributed by atoms with Crippen LogP contribution in [0.4, 0.5) is 5.69 Å². The van der Waals surface area contributed by atoms with Gasteiger partial charge in [-0.1, -0.05) is 13.8 Å². The number of halogens is 1. The van der Waals surface area contributed by atoms with E-state index in [1.165, 1.54) is 12.4 Å². The van der Waals surface area contributed by atoms with E-state index >= 15 is 0 Å². The van der Waals surface area contributed by atoms with Crippen molar-refractivity contribution in [2.24, 2.45) is 0 Å². The van der Waals surface area contributed by atoms with Crippen LogP contribution in [-0.2, 0) is 0 Å². The Bertz CT molecular complexity index is 302. The van der Waals surface area contributed by atoms with E-state index in [1.807, 2.05) is 13.8 Å². The van der Waals surface area contributed by atoms with Crippen LogP contribution in [-0.4, -0.2) is 9.91 Å². The first kappa shape index (κ1) is 12.0. The van der Waals surface area contributed by atoms with Crippen LogP contribution in [0.2, 0.25) is 0 Å². The topological polar surface area (TPSA) is 56.0 Å². The van der Waals surface area contributed by atoms with E-state index in [0.29, 0.717) is 10.0 Å². The molecular weight excluding hydrogens is 236 g/mol. The summed E-state index contributed by atoms with van der Waals surface area (Å²) in [5.41, 5.74) is 0.643. The molecule has 0 fully saturated rings. The molecule has 13 heavy (non-hydrogen) atoms. The van der Waals surface area contributed by atoms with E-state index in [-0.39, 0.29) is 5.69 Å². The Hall–Kier alpha value is -0.970. The van der Waals surface area contributed by atoms with Crippen molar-refractivity contribution in [2.45, 2.75) is 20.8 Å². The fourth-order valence-corrected chi connectivity index (χ4v) is 0.995. The fraction of sp³-hybridized carbons (Fsp3) is 0.375. The molecule has 1 heterocycles. The van der Waals surface area contributed by atoms with Gasteiger partial charge >= 0.3 is 0 Å². The number of nitrogens with zero attached hydrogens (tertiary/aromatic N) is 2. The van der Waals surface area contributed by atoms with Gasteiger partial charge in [0.25, 0.3) is 5.69 Å². The lowest BCUT2D eigenvalue weighted by Crippen LogP contribution is -1.92. The SMILES string of the molecule is CC.Cc1c(Br)cncc1[N+](=O)[O-]. The molecule has 1 rings (SSSR count). The summed E-state index contributed by atoms with van der Waals surface area (Å²) in [6.45, 7) is 5.67. The van der Waals surface area contributed by atoms with Gasteiger partial charge in [0.05, 0.1) is 4.92 Å². The number of hydrogen-bond donors (Lipinski definition) is 0. The van der Waals surface area contributed by atoms with E-state index < -0.39 is 4.92 Å². The molecule has 0 amide bonds. The van der Waals surface area contributed by atoms with Crippen LogP contribution >= 0.6 is 15.9 Å². The highest BCUT2D eigenvalue weighted by Crippen LogP contribution is 2.23. The summed E-state index contributed by atoms with van der Waals surface area (Å²) in [5, 5.41) is 10.3. The van der Waals surface area contributed by atoms with E-state index in [9.17, 15) is 10.1 Å². The van der Waals surface area contributed by atoms with Crippen molar-refractivity contribution in [2.75, 3.05) is 0 Å². The predicted molar refractivity (Wildman–Crippen MR) is 54.7 cm³/mol. The van der Waals surface area contributed by atoms with Gasteiger partial charge in [0, 0.05) is 16.2 Å². The first-order valence-electron chi connectivity index (χ1n) is 3.87. The number of nitro groups is 1. The summed E-state index contributed by atoms with van der Waals surface area (Å²) in [5.74, 6) is 0. The summed E-state index contributed by atoms with van der Waals surface area (Å²) in [6, 6.07) is 0. The second kappa shape index (κ2) is 5.64. The Morgan fingerprint density at radius 3 is 2.38 bits per heavy atom. The van der Waals surface area contributed by atoms with Crippen LogP contribution in [0.3, 0.4) is 0 Å². The van der Waals surface area contributed by atoms with Gasteiger partial charge < -0.3 is 0 Å². The van der Waals surface area contributed by atoms with Crippen LogP contribution < -0.4 is 0 Å². The van der Waals surface area contributed by atoms with Crippen molar-refractivity contribution in [3.05, 3.63) is 32.5 Å². The van der Waals surface area contributed by atoms with Gasteiger partial charge in [-0.05, 0) is 22.9 Å². The smallest absolute Gasteiger partial charge is 0.258 e. The highest BCUT2D eigenvalue weighted by atomic mass is 79.9. The lowest BCUT2D eigenvalue weighted by atomic mass is 10.3. The zero-order valence-corrected chi connectivity index (χ0v) is 9.33. The molecule has 0 radical (unpaired) electrons. The number of pyridine rings is 1. The highest BCUT2D eigenvalue weighted by Gasteiger charge is 2.11. The Labute approximate surface area is 85.3 Å². The maximum Gasteiger partial charge on any atom is 0.291 e. The van der Waals surface area contributed by atoms with Gasteiger partial charge in [-0.15, -0.1) is 0 Å². The van der Waals surface area contributed by atoms with E-state index in [4.69, 9.17) is 0 Å². The molecule has 1 aromatic rings. The highest BCUT2D eigenvalue weighted by molar-refractivity contribution is 9.10. The summed E-state index contributed by atoms with van der Waals surface area (Å²) < 4.78 is 0.659. The Morgan fingerprint density at radius 2 is 2.00 bits per heavy atom. The number of hydrogen-bond acceptors (Lipinski definition) is 3. The summed E-state index contributed by atoms with van der Waals surface area (Å²) in [6.07, 6.45) is 2.77. The van der Waals surface area contributed by atoms with Crippen molar-refractivity contribution < 1.29 is 4.92 Å². The van der Waals surface area contributed by atoms with Gasteiger partial charge in [0.2, 0.25) is 0 Å².